The first-order chi connectivity index (χ1) is 18.7. The second-order valence-electron chi connectivity index (χ2n) is 13.4. The molecule has 0 aromatic rings. The molecule has 0 radical (unpaired) electrons. The first kappa shape index (κ1) is 37.9. The number of carbonyl (C=O) groups is 2. The summed E-state index contributed by atoms with van der Waals surface area (Å²) in [6.07, 6.45) is 29.0. The fourth-order valence-electron chi connectivity index (χ4n) is 5.90. The van der Waals surface area contributed by atoms with Gasteiger partial charge < -0.3 is 10.2 Å². The molecule has 39 heavy (non-hydrogen) atoms. The maximum absolute atomic E-state index is 12.3. The van der Waals surface area contributed by atoms with Crippen LogP contribution in [0.2, 0.25) is 0 Å². The quantitative estimate of drug-likeness (QED) is 0.0869. The van der Waals surface area contributed by atoms with Crippen molar-refractivity contribution in [2.24, 2.45) is 17.3 Å². The number of unbranched alkanes of at least 4 members (excludes halogenated alkanes) is 18. The van der Waals surface area contributed by atoms with Crippen LogP contribution in [0.1, 0.15) is 195 Å². The summed E-state index contributed by atoms with van der Waals surface area (Å²) >= 11 is 0. The predicted octanol–water partition coefficient (Wildman–Crippen LogP) is 11.6. The Morgan fingerprint density at radius 1 is 0.462 bits per heavy atom. The Kier molecular flexibility index (Phi) is 25.2. The molecule has 0 aromatic carbocycles. The third-order valence-corrected chi connectivity index (χ3v) is 8.64. The average Bonchev–Trinajstić information content (AvgIpc) is 2.87. The van der Waals surface area contributed by atoms with E-state index in [1.807, 2.05) is 0 Å². The normalized spacial score (nSPS) is 12.1. The molecule has 4 heteroatoms. The van der Waals surface area contributed by atoms with Gasteiger partial charge in [0.2, 0.25) is 0 Å². The standard InChI is InChI=1S/C35H68O4/c1-31(2)25-21-17-13-9-5-7-11-15-19-23-28-35(34(38)39,30-27-33(36)37)29-24-20-16-12-8-6-10-14-18-22-26-32(3)4/h31-32H,5-30H2,1-4H3,(H,36,37)(H,38,39). The van der Waals surface area contributed by atoms with E-state index >= 15 is 0 Å². The molecule has 0 bridgehead atoms. The van der Waals surface area contributed by atoms with Gasteiger partial charge in [0.1, 0.15) is 0 Å². The first-order valence-corrected chi connectivity index (χ1v) is 17.1. The van der Waals surface area contributed by atoms with E-state index in [9.17, 15) is 19.8 Å². The van der Waals surface area contributed by atoms with Crippen molar-refractivity contribution >= 4 is 11.9 Å². The monoisotopic (exact) mass is 553 g/mol. The van der Waals surface area contributed by atoms with Gasteiger partial charge >= 0.3 is 11.9 Å². The third-order valence-electron chi connectivity index (χ3n) is 8.64. The van der Waals surface area contributed by atoms with Gasteiger partial charge in [0.25, 0.3) is 0 Å². The van der Waals surface area contributed by atoms with Crippen LogP contribution in [-0.2, 0) is 9.59 Å². The van der Waals surface area contributed by atoms with Crippen molar-refractivity contribution in [3.05, 3.63) is 0 Å². The molecule has 232 valence electrons. The van der Waals surface area contributed by atoms with Crippen molar-refractivity contribution in [2.45, 2.75) is 195 Å². The highest BCUT2D eigenvalue weighted by Gasteiger charge is 2.37. The number of aliphatic carboxylic acids is 2. The second-order valence-corrected chi connectivity index (χ2v) is 13.4. The number of carboxylic acids is 2. The van der Waals surface area contributed by atoms with Crippen LogP contribution in [-0.4, -0.2) is 22.2 Å². The molecule has 0 spiro atoms. The Morgan fingerprint density at radius 3 is 1.00 bits per heavy atom. The van der Waals surface area contributed by atoms with E-state index in [0.29, 0.717) is 12.8 Å². The summed E-state index contributed by atoms with van der Waals surface area (Å²) < 4.78 is 0. The van der Waals surface area contributed by atoms with Crippen molar-refractivity contribution in [3.63, 3.8) is 0 Å². The Hall–Kier alpha value is -1.06. The van der Waals surface area contributed by atoms with E-state index in [4.69, 9.17) is 0 Å². The van der Waals surface area contributed by atoms with Gasteiger partial charge in [-0.15, -0.1) is 0 Å². The third kappa shape index (κ3) is 24.5. The largest absolute Gasteiger partial charge is 0.481 e. The molecule has 0 aromatic heterocycles. The topological polar surface area (TPSA) is 74.6 Å². The fraction of sp³-hybridized carbons (Fsp3) is 0.943. The molecule has 0 fully saturated rings. The minimum Gasteiger partial charge on any atom is -0.481 e. The van der Waals surface area contributed by atoms with Crippen LogP contribution in [0.5, 0.6) is 0 Å². The van der Waals surface area contributed by atoms with Crippen LogP contribution in [0.4, 0.5) is 0 Å². The summed E-state index contributed by atoms with van der Waals surface area (Å²) in [5, 5.41) is 19.4. The van der Waals surface area contributed by atoms with Crippen LogP contribution < -0.4 is 0 Å². The lowest BCUT2D eigenvalue weighted by Crippen LogP contribution is -2.32. The Balaban J connectivity index is 4.10. The molecule has 0 aliphatic heterocycles. The molecule has 0 saturated carbocycles. The van der Waals surface area contributed by atoms with Gasteiger partial charge in [0.05, 0.1) is 5.41 Å². The van der Waals surface area contributed by atoms with Crippen LogP contribution >= 0.6 is 0 Å². The Labute approximate surface area is 243 Å². The van der Waals surface area contributed by atoms with Crippen molar-refractivity contribution in [1.82, 2.24) is 0 Å². The lowest BCUT2D eigenvalue weighted by molar-refractivity contribution is -0.151. The summed E-state index contributed by atoms with van der Waals surface area (Å²) in [6.45, 7) is 9.19. The van der Waals surface area contributed by atoms with Crippen molar-refractivity contribution in [2.75, 3.05) is 0 Å². The van der Waals surface area contributed by atoms with E-state index in [1.165, 1.54) is 116 Å². The maximum atomic E-state index is 12.3. The molecule has 4 nitrogen and oxygen atoms in total. The smallest absolute Gasteiger partial charge is 0.309 e. The number of rotatable bonds is 30. The Morgan fingerprint density at radius 2 is 0.744 bits per heavy atom. The summed E-state index contributed by atoms with van der Waals surface area (Å²) in [5.41, 5.74) is -0.857. The van der Waals surface area contributed by atoms with Crippen LogP contribution in [0.3, 0.4) is 0 Å². The first-order valence-electron chi connectivity index (χ1n) is 17.1. The molecule has 0 heterocycles. The highest BCUT2D eigenvalue weighted by atomic mass is 16.4. The van der Waals surface area contributed by atoms with E-state index in [2.05, 4.69) is 27.7 Å². The van der Waals surface area contributed by atoms with E-state index in [1.54, 1.807) is 0 Å². The highest BCUT2D eigenvalue weighted by molar-refractivity contribution is 5.76. The SMILES string of the molecule is CC(C)CCCCCCCCCCCCC(CCCCCCCCCCCCC(C)C)(CCC(=O)O)C(=O)O. The van der Waals surface area contributed by atoms with E-state index < -0.39 is 17.4 Å². The molecule has 2 N–H and O–H groups in total. The van der Waals surface area contributed by atoms with Gasteiger partial charge in [-0.3, -0.25) is 9.59 Å². The van der Waals surface area contributed by atoms with Gasteiger partial charge in [0.15, 0.2) is 0 Å². The fourth-order valence-corrected chi connectivity index (χ4v) is 5.90. The molecule has 0 aliphatic rings. The highest BCUT2D eigenvalue weighted by Crippen LogP contribution is 2.37. The second kappa shape index (κ2) is 25.9. The van der Waals surface area contributed by atoms with Crippen molar-refractivity contribution in [3.8, 4) is 0 Å². The Bertz CT molecular complexity index is 537. The van der Waals surface area contributed by atoms with E-state index in [0.717, 1.165) is 37.5 Å². The molecule has 0 saturated heterocycles. The number of carboxylic acid groups (broad SMARTS) is 2. The molecule has 0 aliphatic carbocycles. The van der Waals surface area contributed by atoms with Crippen LogP contribution in [0, 0.1) is 17.3 Å². The van der Waals surface area contributed by atoms with Gasteiger partial charge in [0, 0.05) is 6.42 Å². The lowest BCUT2D eigenvalue weighted by atomic mass is 9.74. The minimum absolute atomic E-state index is 0.0410. The van der Waals surface area contributed by atoms with Gasteiger partial charge in [-0.1, -0.05) is 169 Å². The van der Waals surface area contributed by atoms with Gasteiger partial charge in [-0.05, 0) is 31.1 Å². The van der Waals surface area contributed by atoms with Crippen LogP contribution in [0.25, 0.3) is 0 Å². The zero-order valence-electron chi connectivity index (χ0n) is 26.8. The molecule has 0 atom stereocenters. The number of hydrogen-bond donors (Lipinski definition) is 2. The van der Waals surface area contributed by atoms with Crippen molar-refractivity contribution < 1.29 is 19.8 Å². The molecular formula is C35H68O4. The molecule has 0 unspecified atom stereocenters. The molecular weight excluding hydrogens is 484 g/mol. The summed E-state index contributed by atoms with van der Waals surface area (Å²) in [6, 6.07) is 0. The number of hydrogen-bond acceptors (Lipinski definition) is 2. The summed E-state index contributed by atoms with van der Waals surface area (Å²) in [7, 11) is 0. The molecule has 0 amide bonds. The zero-order valence-corrected chi connectivity index (χ0v) is 26.8. The predicted molar refractivity (Wildman–Crippen MR) is 167 cm³/mol. The minimum atomic E-state index is -0.881. The van der Waals surface area contributed by atoms with Crippen LogP contribution in [0.15, 0.2) is 0 Å². The van der Waals surface area contributed by atoms with Gasteiger partial charge in [-0.25, -0.2) is 0 Å². The summed E-state index contributed by atoms with van der Waals surface area (Å²) in [4.78, 5) is 23.6. The van der Waals surface area contributed by atoms with Crippen molar-refractivity contribution in [1.29, 1.82) is 0 Å². The lowest BCUT2D eigenvalue weighted by Gasteiger charge is -2.29. The molecule has 0 rings (SSSR count). The maximum Gasteiger partial charge on any atom is 0.309 e. The van der Waals surface area contributed by atoms with Gasteiger partial charge in [-0.2, -0.15) is 0 Å². The average molecular weight is 553 g/mol. The van der Waals surface area contributed by atoms with E-state index in [-0.39, 0.29) is 12.8 Å². The summed E-state index contributed by atoms with van der Waals surface area (Å²) in [5.74, 6) is -0.0153. The zero-order chi connectivity index (χ0) is 29.2.